The first-order valence-electron chi connectivity index (χ1n) is 16.5. The molecule has 0 saturated carbocycles. The van der Waals surface area contributed by atoms with Gasteiger partial charge in [0, 0.05) is 26.5 Å². The molecule has 0 bridgehead atoms. The molecule has 0 aliphatic carbocycles. The van der Waals surface area contributed by atoms with Gasteiger partial charge in [-0.15, -0.1) is 0 Å². The van der Waals surface area contributed by atoms with Gasteiger partial charge in [0.25, 0.3) is 0 Å². The number of hydrogen-bond acceptors (Lipinski definition) is 15. The maximum absolute atomic E-state index is 11.4. The fourth-order valence-electron chi connectivity index (χ4n) is 3.26. The standard InChI is InChI=1S/C31H59NO16/c1-29(33)48-28-27-47-26-25-46-24-23-45-22-21-44-20-19-43-18-17-42-16-15-41-14-13-40-12-11-39-10-9-38-8-7-37-6-2-5-32-30(34)3-4-31(35)36/h2-28H2,1H3,(H,32,34)(H,35,36). The molecule has 0 heterocycles. The van der Waals surface area contributed by atoms with Gasteiger partial charge < -0.3 is 67.3 Å². The summed E-state index contributed by atoms with van der Waals surface area (Å²) in [6.45, 7) is 12.3. The van der Waals surface area contributed by atoms with E-state index in [-0.39, 0.29) is 31.3 Å². The third-order valence-corrected chi connectivity index (χ3v) is 5.61. The summed E-state index contributed by atoms with van der Waals surface area (Å²) in [5, 5.41) is 11.2. The van der Waals surface area contributed by atoms with Gasteiger partial charge in [-0.2, -0.15) is 0 Å². The van der Waals surface area contributed by atoms with Gasteiger partial charge in [0.2, 0.25) is 5.91 Å². The zero-order valence-electron chi connectivity index (χ0n) is 28.7. The molecule has 0 spiro atoms. The molecule has 48 heavy (non-hydrogen) atoms. The highest BCUT2D eigenvalue weighted by Crippen LogP contribution is 1.90. The molecule has 0 aromatic carbocycles. The van der Waals surface area contributed by atoms with Crippen molar-refractivity contribution in [1.82, 2.24) is 5.32 Å². The Hall–Kier alpha value is -2.03. The first-order chi connectivity index (χ1) is 23.5. The SMILES string of the molecule is CC(=O)OCCOCCOCCOCCOCCOCCOCCOCCOCCOCCOCCOCCCNC(=O)CCC(=O)O. The number of hydrogen-bond donors (Lipinski definition) is 2. The number of esters is 1. The summed E-state index contributed by atoms with van der Waals surface area (Å²) in [7, 11) is 0. The lowest BCUT2D eigenvalue weighted by atomic mass is 10.3. The van der Waals surface area contributed by atoms with Crippen LogP contribution in [0.15, 0.2) is 0 Å². The van der Waals surface area contributed by atoms with Crippen molar-refractivity contribution in [3.8, 4) is 0 Å². The number of amides is 1. The normalized spacial score (nSPS) is 11.2. The summed E-state index contributed by atoms with van der Waals surface area (Å²) in [6, 6.07) is 0. The number of carboxylic acids is 1. The lowest BCUT2D eigenvalue weighted by molar-refractivity contribution is -0.142. The number of carbonyl (C=O) groups is 3. The number of rotatable bonds is 40. The Morgan fingerprint density at radius 2 is 0.688 bits per heavy atom. The van der Waals surface area contributed by atoms with Crippen LogP contribution in [0.4, 0.5) is 0 Å². The molecular formula is C31H59NO16. The Labute approximate surface area is 284 Å². The van der Waals surface area contributed by atoms with E-state index in [2.05, 4.69) is 5.32 Å². The summed E-state index contributed by atoms with van der Waals surface area (Å²) >= 11 is 0. The van der Waals surface area contributed by atoms with Gasteiger partial charge >= 0.3 is 11.9 Å². The summed E-state index contributed by atoms with van der Waals surface area (Å²) in [6.07, 6.45) is 0.467. The van der Waals surface area contributed by atoms with Gasteiger partial charge in [0.05, 0.1) is 145 Å². The first kappa shape index (κ1) is 46.0. The van der Waals surface area contributed by atoms with Crippen LogP contribution in [-0.4, -0.2) is 181 Å². The Balaban J connectivity index is 3.09. The van der Waals surface area contributed by atoms with Crippen molar-refractivity contribution < 1.29 is 76.3 Å². The second-order valence-corrected chi connectivity index (χ2v) is 9.67. The van der Waals surface area contributed by atoms with Crippen molar-refractivity contribution in [3.05, 3.63) is 0 Å². The van der Waals surface area contributed by atoms with E-state index in [9.17, 15) is 14.4 Å². The van der Waals surface area contributed by atoms with Crippen molar-refractivity contribution >= 4 is 17.8 Å². The van der Waals surface area contributed by atoms with Gasteiger partial charge in [-0.05, 0) is 6.42 Å². The molecule has 0 aliphatic rings. The molecule has 17 nitrogen and oxygen atoms in total. The van der Waals surface area contributed by atoms with Crippen LogP contribution >= 0.6 is 0 Å². The molecule has 0 aromatic heterocycles. The Morgan fingerprint density at radius 3 is 0.958 bits per heavy atom. The lowest BCUT2D eigenvalue weighted by Crippen LogP contribution is -2.25. The molecule has 17 heteroatoms. The van der Waals surface area contributed by atoms with Crippen LogP contribution in [0.1, 0.15) is 26.2 Å². The van der Waals surface area contributed by atoms with Crippen LogP contribution in [0.25, 0.3) is 0 Å². The lowest BCUT2D eigenvalue weighted by Gasteiger charge is -2.09. The van der Waals surface area contributed by atoms with E-state index in [4.69, 9.17) is 61.9 Å². The predicted molar refractivity (Wildman–Crippen MR) is 170 cm³/mol. The minimum absolute atomic E-state index is 0.0133. The van der Waals surface area contributed by atoms with Gasteiger partial charge in [0.15, 0.2) is 0 Å². The van der Waals surface area contributed by atoms with Crippen molar-refractivity contribution in [1.29, 1.82) is 0 Å². The van der Waals surface area contributed by atoms with Crippen molar-refractivity contribution in [3.63, 3.8) is 0 Å². The third kappa shape index (κ3) is 42.0. The topological polar surface area (TPSA) is 194 Å². The Bertz CT molecular complexity index is 718. The molecule has 2 N–H and O–H groups in total. The Morgan fingerprint density at radius 1 is 0.417 bits per heavy atom. The van der Waals surface area contributed by atoms with Crippen molar-refractivity contribution in [2.45, 2.75) is 26.2 Å². The summed E-state index contributed by atoms with van der Waals surface area (Å²) in [4.78, 5) is 32.3. The molecule has 0 atom stereocenters. The zero-order valence-corrected chi connectivity index (χ0v) is 28.7. The highest BCUT2D eigenvalue weighted by Gasteiger charge is 2.04. The van der Waals surface area contributed by atoms with E-state index in [1.165, 1.54) is 6.92 Å². The summed E-state index contributed by atoms with van der Waals surface area (Å²) in [5.74, 6) is -1.57. The van der Waals surface area contributed by atoms with Crippen molar-refractivity contribution in [2.24, 2.45) is 0 Å². The minimum Gasteiger partial charge on any atom is -0.481 e. The molecule has 0 rings (SSSR count). The van der Waals surface area contributed by atoms with Crippen LogP contribution in [0.5, 0.6) is 0 Å². The fourth-order valence-corrected chi connectivity index (χ4v) is 3.26. The van der Waals surface area contributed by atoms with E-state index in [1.807, 2.05) is 0 Å². The van der Waals surface area contributed by atoms with Gasteiger partial charge in [-0.3, -0.25) is 14.4 Å². The maximum atomic E-state index is 11.4. The second-order valence-electron chi connectivity index (χ2n) is 9.67. The smallest absolute Gasteiger partial charge is 0.303 e. The van der Waals surface area contributed by atoms with Gasteiger partial charge in [-0.1, -0.05) is 0 Å². The predicted octanol–water partition coefficient (Wildman–Crippen LogP) is 0.103. The fraction of sp³-hybridized carbons (Fsp3) is 0.903. The number of nitrogens with one attached hydrogen (secondary N) is 1. The first-order valence-corrected chi connectivity index (χ1v) is 16.5. The van der Waals surface area contributed by atoms with Crippen LogP contribution in [0.2, 0.25) is 0 Å². The zero-order chi connectivity index (χ0) is 35.0. The molecule has 0 aromatic rings. The molecule has 284 valence electrons. The molecule has 1 amide bonds. The van der Waals surface area contributed by atoms with Crippen LogP contribution in [0, 0.1) is 0 Å². The monoisotopic (exact) mass is 701 g/mol. The highest BCUT2D eigenvalue weighted by molar-refractivity contribution is 5.80. The third-order valence-electron chi connectivity index (χ3n) is 5.61. The minimum atomic E-state index is -0.986. The average Bonchev–Trinajstić information content (AvgIpc) is 3.06. The molecule has 0 fully saturated rings. The molecule has 0 aliphatic heterocycles. The molecule has 0 unspecified atom stereocenters. The number of carboxylic acid groups (broad SMARTS) is 1. The number of carbonyl (C=O) groups excluding carboxylic acids is 2. The van der Waals surface area contributed by atoms with Crippen LogP contribution < -0.4 is 5.32 Å². The van der Waals surface area contributed by atoms with E-state index in [1.54, 1.807) is 0 Å². The number of aliphatic carboxylic acids is 1. The number of ether oxygens (including phenoxy) is 12. The van der Waals surface area contributed by atoms with E-state index in [0.717, 1.165) is 0 Å². The molecule has 0 radical (unpaired) electrons. The van der Waals surface area contributed by atoms with E-state index >= 15 is 0 Å². The van der Waals surface area contributed by atoms with E-state index < -0.39 is 5.97 Å². The highest BCUT2D eigenvalue weighted by atomic mass is 16.6. The maximum Gasteiger partial charge on any atom is 0.303 e. The van der Waals surface area contributed by atoms with Gasteiger partial charge in [-0.25, -0.2) is 0 Å². The van der Waals surface area contributed by atoms with Crippen molar-refractivity contribution in [2.75, 3.05) is 159 Å². The summed E-state index contributed by atoms with van der Waals surface area (Å²) < 4.78 is 64.3. The van der Waals surface area contributed by atoms with Crippen LogP contribution in [-0.2, 0) is 71.2 Å². The average molecular weight is 702 g/mol. The molecule has 0 saturated heterocycles. The quantitative estimate of drug-likeness (QED) is 0.0645. The largest absolute Gasteiger partial charge is 0.481 e. The Kier molecular flexibility index (Phi) is 37.7. The summed E-state index contributed by atoms with van der Waals surface area (Å²) in [5.41, 5.74) is 0. The second kappa shape index (κ2) is 39.4. The van der Waals surface area contributed by atoms with Gasteiger partial charge in [0.1, 0.15) is 6.61 Å². The van der Waals surface area contributed by atoms with Crippen LogP contribution in [0.3, 0.4) is 0 Å². The molecular weight excluding hydrogens is 642 g/mol. The van der Waals surface area contributed by atoms with E-state index in [0.29, 0.717) is 158 Å².